The van der Waals surface area contributed by atoms with Crippen molar-refractivity contribution in [3.63, 3.8) is 0 Å². The molecule has 2 aromatic rings. The normalized spacial score (nSPS) is 13.2. The Bertz CT molecular complexity index is 966. The van der Waals surface area contributed by atoms with E-state index < -0.39 is 0 Å². The molecule has 1 heterocycles. The second kappa shape index (κ2) is 10.3. The third-order valence-corrected chi connectivity index (χ3v) is 5.16. The number of amidine groups is 2. The van der Waals surface area contributed by atoms with Crippen LogP contribution in [0.5, 0.6) is 5.75 Å². The highest BCUT2D eigenvalue weighted by Crippen LogP contribution is 2.34. The number of carbonyl (C=O) groups is 1. The molecule has 1 atom stereocenters. The summed E-state index contributed by atoms with van der Waals surface area (Å²) in [5, 5.41) is 17.1. The molecule has 0 unspecified atom stereocenters. The van der Waals surface area contributed by atoms with Crippen molar-refractivity contribution in [2.45, 2.75) is 26.3 Å². The number of carbonyl (C=O) groups excluding carboxylic acids is 1. The first kappa shape index (κ1) is 23.5. The van der Waals surface area contributed by atoms with Gasteiger partial charge in [0.1, 0.15) is 11.5 Å². The van der Waals surface area contributed by atoms with Crippen LogP contribution in [0.25, 0.3) is 0 Å². The molecule has 0 spiro atoms. The standard InChI is InChI=1S/C21H28BrN5O3/c1-7-14(16-11-8-12(2)30-16)25-19(23-3)20(24-4)26-15-10-9-13(22)17(18(15)28)21(29)27(5)6/h8-11,14,28H,7H2,1-6H3,(H,23,25)(H,24,26)/t14-/m1/s1. The van der Waals surface area contributed by atoms with Crippen molar-refractivity contribution in [3.8, 4) is 5.75 Å². The number of aliphatic imine (C=N–C) groups is 2. The van der Waals surface area contributed by atoms with E-state index in [9.17, 15) is 9.90 Å². The summed E-state index contributed by atoms with van der Waals surface area (Å²) in [6, 6.07) is 7.11. The van der Waals surface area contributed by atoms with Gasteiger partial charge >= 0.3 is 0 Å². The van der Waals surface area contributed by atoms with Crippen LogP contribution in [0.4, 0.5) is 5.69 Å². The minimum absolute atomic E-state index is 0.0969. The summed E-state index contributed by atoms with van der Waals surface area (Å²) in [7, 11) is 6.52. The summed E-state index contributed by atoms with van der Waals surface area (Å²) >= 11 is 3.33. The van der Waals surface area contributed by atoms with Gasteiger partial charge in [-0.2, -0.15) is 0 Å². The molecule has 30 heavy (non-hydrogen) atoms. The maximum Gasteiger partial charge on any atom is 0.258 e. The summed E-state index contributed by atoms with van der Waals surface area (Å²) < 4.78 is 6.25. The van der Waals surface area contributed by atoms with Gasteiger partial charge in [0, 0.05) is 32.7 Å². The van der Waals surface area contributed by atoms with E-state index in [0.717, 1.165) is 17.9 Å². The molecule has 2 rings (SSSR count). The Balaban J connectivity index is 2.31. The number of hydrogen-bond donors (Lipinski definition) is 3. The van der Waals surface area contributed by atoms with E-state index in [1.165, 1.54) is 4.90 Å². The Morgan fingerprint density at radius 2 is 1.87 bits per heavy atom. The van der Waals surface area contributed by atoms with Crippen LogP contribution in [0, 0.1) is 6.92 Å². The summed E-state index contributed by atoms with van der Waals surface area (Å²) in [5.41, 5.74) is 0.509. The van der Waals surface area contributed by atoms with Gasteiger partial charge in [0.25, 0.3) is 5.91 Å². The fourth-order valence-corrected chi connectivity index (χ4v) is 3.35. The average Bonchev–Trinajstić information content (AvgIpc) is 3.15. The van der Waals surface area contributed by atoms with Gasteiger partial charge in [0.2, 0.25) is 0 Å². The zero-order valence-corrected chi connectivity index (χ0v) is 19.7. The number of halogens is 1. The highest BCUT2D eigenvalue weighted by atomic mass is 79.9. The highest BCUT2D eigenvalue weighted by Gasteiger charge is 2.22. The summed E-state index contributed by atoms with van der Waals surface area (Å²) in [5.74, 6) is 2.06. The predicted molar refractivity (Wildman–Crippen MR) is 124 cm³/mol. The molecule has 0 fully saturated rings. The van der Waals surface area contributed by atoms with Crippen LogP contribution in [0.15, 0.2) is 43.1 Å². The van der Waals surface area contributed by atoms with E-state index >= 15 is 0 Å². The van der Waals surface area contributed by atoms with Crippen molar-refractivity contribution in [2.75, 3.05) is 33.5 Å². The molecule has 0 bridgehead atoms. The molecule has 8 nitrogen and oxygen atoms in total. The van der Waals surface area contributed by atoms with Crippen LogP contribution in [0.1, 0.15) is 41.3 Å². The van der Waals surface area contributed by atoms with Crippen LogP contribution < -0.4 is 10.6 Å². The smallest absolute Gasteiger partial charge is 0.258 e. The van der Waals surface area contributed by atoms with Crippen molar-refractivity contribution in [2.24, 2.45) is 9.98 Å². The van der Waals surface area contributed by atoms with E-state index in [-0.39, 0.29) is 23.3 Å². The number of rotatable bonds is 5. The van der Waals surface area contributed by atoms with Crippen LogP contribution >= 0.6 is 15.9 Å². The molecule has 0 radical (unpaired) electrons. The van der Waals surface area contributed by atoms with Gasteiger partial charge in [-0.1, -0.05) is 6.92 Å². The largest absolute Gasteiger partial charge is 0.505 e. The first-order chi connectivity index (χ1) is 14.2. The number of nitrogens with zero attached hydrogens (tertiary/aromatic N) is 3. The SMILES string of the molecule is CC[C@@H](NC(=NC)C(=NC)Nc1ccc(Br)c(C(=O)N(C)C)c1O)c1ccc(C)o1. The third kappa shape index (κ3) is 5.21. The second-order valence-electron chi connectivity index (χ2n) is 6.84. The number of aryl methyl sites for hydroxylation is 1. The number of anilines is 1. The van der Waals surface area contributed by atoms with Crippen molar-refractivity contribution in [1.82, 2.24) is 10.2 Å². The first-order valence-corrected chi connectivity index (χ1v) is 10.3. The summed E-state index contributed by atoms with van der Waals surface area (Å²) in [6.45, 7) is 3.94. The number of amides is 1. The van der Waals surface area contributed by atoms with Crippen LogP contribution in [-0.2, 0) is 0 Å². The van der Waals surface area contributed by atoms with Gasteiger partial charge in [-0.15, -0.1) is 0 Å². The van der Waals surface area contributed by atoms with Crippen molar-refractivity contribution >= 4 is 39.2 Å². The molecule has 0 aliphatic heterocycles. The van der Waals surface area contributed by atoms with Crippen LogP contribution in [0.3, 0.4) is 0 Å². The van der Waals surface area contributed by atoms with E-state index in [0.29, 0.717) is 21.8 Å². The number of aromatic hydroxyl groups is 1. The number of phenols is 1. The van der Waals surface area contributed by atoms with E-state index in [1.54, 1.807) is 40.3 Å². The zero-order chi connectivity index (χ0) is 22.4. The minimum atomic E-state index is -0.320. The molecule has 1 amide bonds. The molecule has 0 aliphatic rings. The van der Waals surface area contributed by atoms with E-state index in [1.807, 2.05) is 26.0 Å². The van der Waals surface area contributed by atoms with E-state index in [2.05, 4.69) is 36.5 Å². The van der Waals surface area contributed by atoms with Gasteiger partial charge < -0.3 is 25.1 Å². The number of hydrogen-bond acceptors (Lipinski definition) is 5. The molecular formula is C21H28BrN5O3. The number of benzene rings is 1. The maximum absolute atomic E-state index is 12.5. The van der Waals surface area contributed by atoms with Gasteiger partial charge in [-0.25, -0.2) is 0 Å². The quantitative estimate of drug-likeness (QED) is 0.343. The lowest BCUT2D eigenvalue weighted by Crippen LogP contribution is -2.38. The molecule has 162 valence electrons. The van der Waals surface area contributed by atoms with E-state index in [4.69, 9.17) is 4.42 Å². The average molecular weight is 478 g/mol. The monoisotopic (exact) mass is 477 g/mol. The Morgan fingerprint density at radius 3 is 2.37 bits per heavy atom. The molecule has 3 N–H and O–H groups in total. The molecule has 1 aromatic heterocycles. The molecule has 0 saturated heterocycles. The third-order valence-electron chi connectivity index (χ3n) is 4.50. The lowest BCUT2D eigenvalue weighted by Gasteiger charge is -2.21. The van der Waals surface area contributed by atoms with Crippen LogP contribution in [-0.4, -0.2) is 55.8 Å². The minimum Gasteiger partial charge on any atom is -0.505 e. The topological polar surface area (TPSA) is 102 Å². The number of nitrogens with one attached hydrogen (secondary N) is 2. The van der Waals surface area contributed by atoms with Crippen molar-refractivity contribution in [1.29, 1.82) is 0 Å². The fourth-order valence-electron chi connectivity index (χ4n) is 2.86. The fraction of sp³-hybridized carbons (Fsp3) is 0.381. The van der Waals surface area contributed by atoms with Gasteiger partial charge in [-0.05, 0) is 53.5 Å². The Labute approximate surface area is 185 Å². The molecular weight excluding hydrogens is 450 g/mol. The van der Waals surface area contributed by atoms with Crippen LogP contribution in [0.2, 0.25) is 0 Å². The second-order valence-corrected chi connectivity index (χ2v) is 7.70. The molecule has 9 heteroatoms. The van der Waals surface area contributed by atoms with Gasteiger partial charge in [0.15, 0.2) is 17.4 Å². The predicted octanol–water partition coefficient (Wildman–Crippen LogP) is 3.97. The lowest BCUT2D eigenvalue weighted by atomic mass is 10.1. The van der Waals surface area contributed by atoms with Crippen molar-refractivity contribution in [3.05, 3.63) is 45.8 Å². The summed E-state index contributed by atoms with van der Waals surface area (Å²) in [6.07, 6.45) is 0.772. The Hall–Kier alpha value is -2.81. The molecule has 0 aliphatic carbocycles. The first-order valence-electron chi connectivity index (χ1n) is 9.50. The Kier molecular flexibility index (Phi) is 8.05. The van der Waals surface area contributed by atoms with Gasteiger partial charge in [-0.3, -0.25) is 14.8 Å². The summed E-state index contributed by atoms with van der Waals surface area (Å²) in [4.78, 5) is 22.4. The maximum atomic E-state index is 12.5. The van der Waals surface area contributed by atoms with Crippen molar-refractivity contribution < 1.29 is 14.3 Å². The molecule has 0 saturated carbocycles. The number of furan rings is 1. The van der Waals surface area contributed by atoms with Gasteiger partial charge in [0.05, 0.1) is 17.3 Å². The lowest BCUT2D eigenvalue weighted by molar-refractivity contribution is 0.0824. The highest BCUT2D eigenvalue weighted by molar-refractivity contribution is 9.10. The zero-order valence-electron chi connectivity index (χ0n) is 18.1. The molecule has 1 aromatic carbocycles. The number of phenolic OH excluding ortho intramolecular Hbond substituents is 1. The Morgan fingerprint density at radius 1 is 1.20 bits per heavy atom.